The first-order chi connectivity index (χ1) is 10.9. The van der Waals surface area contributed by atoms with Gasteiger partial charge in [0.25, 0.3) is 5.91 Å². The van der Waals surface area contributed by atoms with E-state index in [1.54, 1.807) is 34.6 Å². The van der Waals surface area contributed by atoms with Crippen molar-refractivity contribution in [3.05, 3.63) is 29.6 Å². The Bertz CT molecular complexity index is 609. The molecule has 6 nitrogen and oxygen atoms in total. The van der Waals surface area contributed by atoms with Gasteiger partial charge in [-0.15, -0.1) is 0 Å². The van der Waals surface area contributed by atoms with Crippen LogP contribution in [-0.4, -0.2) is 34.8 Å². The van der Waals surface area contributed by atoms with E-state index in [2.05, 4.69) is 10.6 Å². The van der Waals surface area contributed by atoms with E-state index in [0.717, 1.165) is 0 Å². The van der Waals surface area contributed by atoms with E-state index in [1.165, 1.54) is 18.2 Å². The molecule has 3 N–H and O–H groups in total. The summed E-state index contributed by atoms with van der Waals surface area (Å²) in [6, 6.07) is 3.85. The maximum absolute atomic E-state index is 13.8. The minimum atomic E-state index is -0.960. The lowest BCUT2D eigenvalue weighted by Crippen LogP contribution is -2.46. The molecular formula is C17H25FN2O4. The van der Waals surface area contributed by atoms with E-state index in [4.69, 9.17) is 4.74 Å². The summed E-state index contributed by atoms with van der Waals surface area (Å²) in [5.41, 5.74) is -1.51. The molecule has 24 heavy (non-hydrogen) atoms. The van der Waals surface area contributed by atoms with Crippen LogP contribution in [0.5, 0.6) is 5.75 Å². The number of hydrogen-bond donors (Lipinski definition) is 3. The Labute approximate surface area is 141 Å². The van der Waals surface area contributed by atoms with Crippen molar-refractivity contribution in [1.82, 2.24) is 10.6 Å². The third kappa shape index (κ3) is 6.44. The summed E-state index contributed by atoms with van der Waals surface area (Å²) in [6.45, 7) is 9.08. The molecular weight excluding hydrogens is 315 g/mol. The molecule has 1 rings (SSSR count). The van der Waals surface area contributed by atoms with Gasteiger partial charge in [0.1, 0.15) is 5.60 Å². The second kappa shape index (κ2) is 7.51. The topological polar surface area (TPSA) is 87.7 Å². The standard InChI is InChI=1S/C17H25FN2O4/c1-16(2,3)24-15(23)19-10-9-17(4,5)20-14(22)11-7-6-8-12(21)13(11)18/h6-8,21H,9-10H2,1-5H3,(H,19,23)(H,20,22). The number of phenolic OH excluding ortho intramolecular Hbond substituents is 1. The summed E-state index contributed by atoms with van der Waals surface area (Å²) >= 11 is 0. The lowest BCUT2D eigenvalue weighted by Gasteiger charge is -2.27. The average Bonchev–Trinajstić information content (AvgIpc) is 2.38. The molecule has 1 aromatic rings. The Morgan fingerprint density at radius 2 is 1.83 bits per heavy atom. The highest BCUT2D eigenvalue weighted by molar-refractivity contribution is 5.95. The second-order valence-corrected chi connectivity index (χ2v) is 7.16. The lowest BCUT2D eigenvalue weighted by atomic mass is 9.99. The highest BCUT2D eigenvalue weighted by atomic mass is 19.1. The maximum atomic E-state index is 13.8. The molecule has 0 fully saturated rings. The Morgan fingerprint density at radius 1 is 1.21 bits per heavy atom. The Hall–Kier alpha value is -2.31. The molecule has 0 aliphatic heterocycles. The molecule has 0 heterocycles. The largest absolute Gasteiger partial charge is 0.505 e. The third-order valence-corrected chi connectivity index (χ3v) is 3.09. The number of nitrogens with one attached hydrogen (secondary N) is 2. The minimum absolute atomic E-state index is 0.233. The number of aromatic hydroxyl groups is 1. The van der Waals surface area contributed by atoms with E-state index in [9.17, 15) is 19.1 Å². The number of rotatable bonds is 5. The molecule has 2 amide bonds. The van der Waals surface area contributed by atoms with Gasteiger partial charge in [-0.25, -0.2) is 9.18 Å². The van der Waals surface area contributed by atoms with Crippen LogP contribution in [0.4, 0.5) is 9.18 Å². The van der Waals surface area contributed by atoms with Gasteiger partial charge in [-0.1, -0.05) is 6.07 Å². The van der Waals surface area contributed by atoms with Crippen LogP contribution >= 0.6 is 0 Å². The zero-order valence-corrected chi connectivity index (χ0v) is 14.7. The Balaban J connectivity index is 2.56. The molecule has 0 bridgehead atoms. The number of carbonyl (C=O) groups excluding carboxylic acids is 2. The maximum Gasteiger partial charge on any atom is 0.407 e. The first-order valence-corrected chi connectivity index (χ1v) is 7.68. The van der Waals surface area contributed by atoms with E-state index in [0.29, 0.717) is 6.42 Å². The molecule has 0 aromatic heterocycles. The van der Waals surface area contributed by atoms with Crippen LogP contribution in [0.15, 0.2) is 18.2 Å². The smallest absolute Gasteiger partial charge is 0.407 e. The van der Waals surface area contributed by atoms with E-state index >= 15 is 0 Å². The monoisotopic (exact) mass is 340 g/mol. The molecule has 0 radical (unpaired) electrons. The molecule has 134 valence electrons. The molecule has 0 spiro atoms. The highest BCUT2D eigenvalue weighted by Crippen LogP contribution is 2.19. The van der Waals surface area contributed by atoms with Crippen LogP contribution in [0, 0.1) is 5.82 Å². The van der Waals surface area contributed by atoms with Crippen molar-refractivity contribution in [1.29, 1.82) is 0 Å². The number of ether oxygens (including phenoxy) is 1. The fourth-order valence-corrected chi connectivity index (χ4v) is 1.92. The minimum Gasteiger partial charge on any atom is -0.505 e. The average molecular weight is 340 g/mol. The van der Waals surface area contributed by atoms with Gasteiger partial charge in [0.15, 0.2) is 11.6 Å². The predicted molar refractivity (Wildman–Crippen MR) is 88.5 cm³/mol. The van der Waals surface area contributed by atoms with Crippen LogP contribution in [0.25, 0.3) is 0 Å². The van der Waals surface area contributed by atoms with Gasteiger partial charge >= 0.3 is 6.09 Å². The van der Waals surface area contributed by atoms with Crippen LogP contribution < -0.4 is 10.6 Å². The van der Waals surface area contributed by atoms with Crippen LogP contribution in [0.3, 0.4) is 0 Å². The molecule has 0 aliphatic rings. The number of benzene rings is 1. The first-order valence-electron chi connectivity index (χ1n) is 7.68. The number of hydrogen-bond acceptors (Lipinski definition) is 4. The number of carbonyl (C=O) groups is 2. The van der Waals surface area contributed by atoms with Crippen molar-refractivity contribution in [2.75, 3.05) is 6.54 Å². The van der Waals surface area contributed by atoms with Gasteiger partial charge in [0.05, 0.1) is 5.56 Å². The molecule has 7 heteroatoms. The predicted octanol–water partition coefficient (Wildman–Crippen LogP) is 2.95. The van der Waals surface area contributed by atoms with Crippen molar-refractivity contribution in [2.24, 2.45) is 0 Å². The van der Waals surface area contributed by atoms with Crippen molar-refractivity contribution in [3.63, 3.8) is 0 Å². The van der Waals surface area contributed by atoms with E-state index in [1.807, 2.05) is 0 Å². The van der Waals surface area contributed by atoms with Crippen LogP contribution in [0.1, 0.15) is 51.4 Å². The van der Waals surface area contributed by atoms with Crippen molar-refractivity contribution in [3.8, 4) is 5.75 Å². The van der Waals surface area contributed by atoms with Gasteiger partial charge in [-0.05, 0) is 53.2 Å². The fourth-order valence-electron chi connectivity index (χ4n) is 1.92. The molecule has 0 unspecified atom stereocenters. The van der Waals surface area contributed by atoms with Crippen LogP contribution in [0.2, 0.25) is 0 Å². The van der Waals surface area contributed by atoms with Crippen molar-refractivity contribution in [2.45, 2.75) is 52.2 Å². The third-order valence-electron chi connectivity index (χ3n) is 3.09. The summed E-state index contributed by atoms with van der Waals surface area (Å²) in [4.78, 5) is 23.7. The quantitative estimate of drug-likeness (QED) is 0.769. The van der Waals surface area contributed by atoms with E-state index < -0.39 is 34.7 Å². The second-order valence-electron chi connectivity index (χ2n) is 7.16. The Kier molecular flexibility index (Phi) is 6.17. The molecule has 0 saturated carbocycles. The molecule has 1 aromatic carbocycles. The summed E-state index contributed by atoms with van der Waals surface area (Å²) in [5, 5.41) is 14.6. The molecule has 0 atom stereocenters. The van der Waals surface area contributed by atoms with Gasteiger partial charge in [0.2, 0.25) is 0 Å². The summed E-state index contributed by atoms with van der Waals surface area (Å²) in [5.74, 6) is -2.17. The Morgan fingerprint density at radius 3 is 2.42 bits per heavy atom. The van der Waals surface area contributed by atoms with Gasteiger partial charge in [-0.3, -0.25) is 4.79 Å². The highest BCUT2D eigenvalue weighted by Gasteiger charge is 2.24. The van der Waals surface area contributed by atoms with Crippen LogP contribution in [-0.2, 0) is 4.74 Å². The first kappa shape index (κ1) is 19.7. The summed E-state index contributed by atoms with van der Waals surface area (Å²) < 4.78 is 18.9. The van der Waals surface area contributed by atoms with Crippen molar-refractivity contribution >= 4 is 12.0 Å². The van der Waals surface area contributed by atoms with E-state index in [-0.39, 0.29) is 12.1 Å². The van der Waals surface area contributed by atoms with Crippen molar-refractivity contribution < 1.29 is 23.8 Å². The summed E-state index contributed by atoms with van der Waals surface area (Å²) in [7, 11) is 0. The molecule has 0 saturated heterocycles. The normalized spacial score (nSPS) is 11.8. The number of amides is 2. The summed E-state index contributed by atoms with van der Waals surface area (Å²) in [6.07, 6.45) is -0.123. The zero-order chi connectivity index (χ0) is 18.5. The molecule has 0 aliphatic carbocycles. The van der Waals surface area contributed by atoms with Gasteiger partial charge < -0.3 is 20.5 Å². The number of alkyl carbamates (subject to hydrolysis) is 1. The number of phenols is 1. The zero-order valence-electron chi connectivity index (χ0n) is 14.7. The lowest BCUT2D eigenvalue weighted by molar-refractivity contribution is 0.0524. The SMILES string of the molecule is CC(C)(CCNC(=O)OC(C)(C)C)NC(=O)c1cccc(O)c1F. The van der Waals surface area contributed by atoms with Gasteiger partial charge in [0, 0.05) is 12.1 Å². The van der Waals surface area contributed by atoms with Gasteiger partial charge in [-0.2, -0.15) is 0 Å². The fraction of sp³-hybridized carbons (Fsp3) is 0.529. The number of halogens is 1.